The first-order chi connectivity index (χ1) is 11.2. The van der Waals surface area contributed by atoms with Gasteiger partial charge in [0.25, 0.3) is 0 Å². The number of rotatable bonds is 0. The lowest BCUT2D eigenvalue weighted by atomic mass is 10.1. The number of hydrogen-bond acceptors (Lipinski definition) is 1. The van der Waals surface area contributed by atoms with Gasteiger partial charge in [-0.1, -0.05) is 18.2 Å². The lowest BCUT2D eigenvalue weighted by Gasteiger charge is -2.23. The fraction of sp³-hybridized carbons (Fsp3) is 0.200. The Morgan fingerprint density at radius 2 is 1.91 bits per heavy atom. The van der Waals surface area contributed by atoms with Crippen molar-refractivity contribution in [2.45, 2.75) is 13.0 Å². The smallest absolute Gasteiger partial charge is 0.123 e. The Kier molecular flexibility index (Phi) is 3.40. The topological polar surface area (TPSA) is 8.17 Å². The molecule has 0 aliphatic carbocycles. The average molecular weight is 304 g/mol. The van der Waals surface area contributed by atoms with Crippen molar-refractivity contribution in [1.82, 2.24) is 9.47 Å². The van der Waals surface area contributed by atoms with Crippen molar-refractivity contribution in [1.29, 1.82) is 0 Å². The van der Waals surface area contributed by atoms with Gasteiger partial charge in [0.15, 0.2) is 0 Å². The van der Waals surface area contributed by atoms with Gasteiger partial charge in [0.2, 0.25) is 0 Å². The molecule has 0 unspecified atom stereocenters. The quantitative estimate of drug-likeness (QED) is 0.576. The third kappa shape index (κ3) is 2.52. The van der Waals surface area contributed by atoms with E-state index >= 15 is 0 Å². The summed E-state index contributed by atoms with van der Waals surface area (Å²) in [5.74, 6) is 3.03. The lowest BCUT2D eigenvalue weighted by molar-refractivity contribution is 0.311. The van der Waals surface area contributed by atoms with Crippen LogP contribution in [0, 0.1) is 17.8 Å². The maximum atomic E-state index is 13.7. The van der Waals surface area contributed by atoms with E-state index in [-0.39, 0.29) is 5.82 Å². The highest BCUT2D eigenvalue weighted by molar-refractivity contribution is 5.87. The Morgan fingerprint density at radius 3 is 2.74 bits per heavy atom. The van der Waals surface area contributed by atoms with Gasteiger partial charge in [0, 0.05) is 42.2 Å². The first-order valence-corrected chi connectivity index (χ1v) is 7.80. The van der Waals surface area contributed by atoms with E-state index in [1.165, 1.54) is 17.3 Å². The summed E-state index contributed by atoms with van der Waals surface area (Å²) in [6, 6.07) is 18.2. The van der Waals surface area contributed by atoms with Crippen LogP contribution >= 0.6 is 0 Å². The van der Waals surface area contributed by atoms with Gasteiger partial charge in [-0.15, -0.1) is 0 Å². The predicted molar refractivity (Wildman–Crippen MR) is 90.7 cm³/mol. The van der Waals surface area contributed by atoms with E-state index in [0.29, 0.717) is 0 Å². The van der Waals surface area contributed by atoms with Gasteiger partial charge >= 0.3 is 0 Å². The van der Waals surface area contributed by atoms with Crippen LogP contribution in [-0.2, 0) is 13.0 Å². The van der Waals surface area contributed by atoms with Crippen LogP contribution in [-0.4, -0.2) is 23.1 Å². The van der Waals surface area contributed by atoms with Crippen molar-refractivity contribution in [3.63, 3.8) is 0 Å². The molecule has 0 spiro atoms. The molecule has 114 valence electrons. The van der Waals surface area contributed by atoms with Gasteiger partial charge in [0.1, 0.15) is 5.82 Å². The molecule has 2 heterocycles. The molecule has 3 aromatic rings. The Labute approximate surface area is 135 Å². The van der Waals surface area contributed by atoms with Crippen molar-refractivity contribution < 1.29 is 4.39 Å². The summed E-state index contributed by atoms with van der Waals surface area (Å²) < 4.78 is 15.8. The first kappa shape index (κ1) is 14.0. The molecule has 0 N–H and O–H groups in total. The summed E-state index contributed by atoms with van der Waals surface area (Å²) in [5.41, 5.74) is 4.40. The molecule has 0 saturated carbocycles. The van der Waals surface area contributed by atoms with Crippen LogP contribution in [0.5, 0.6) is 0 Å². The maximum absolute atomic E-state index is 13.7. The highest BCUT2D eigenvalue weighted by Gasteiger charge is 2.22. The van der Waals surface area contributed by atoms with E-state index in [2.05, 4.69) is 23.9 Å². The number of benzene rings is 2. The standard InChI is InChI=1S/C20H17FN2/c1-22-11-10-20-18(14-22)17-13-16(21)7-8-19(17)23(20)12-9-15-5-3-2-4-6-15/h2-8,13H,10-11,14H2,1H3. The van der Waals surface area contributed by atoms with Gasteiger partial charge in [-0.05, 0) is 48.9 Å². The van der Waals surface area contributed by atoms with Crippen LogP contribution in [0.3, 0.4) is 0 Å². The summed E-state index contributed by atoms with van der Waals surface area (Å²) in [4.78, 5) is 2.27. The number of likely N-dealkylation sites (N-methyl/N-ethyl adjacent to an activating group) is 1. The van der Waals surface area contributed by atoms with Crippen molar-refractivity contribution in [3.8, 4) is 12.0 Å². The molecule has 0 amide bonds. The number of hydrogen-bond donors (Lipinski definition) is 0. The van der Waals surface area contributed by atoms with Gasteiger partial charge < -0.3 is 4.90 Å². The van der Waals surface area contributed by atoms with Crippen molar-refractivity contribution >= 4 is 10.9 Å². The lowest BCUT2D eigenvalue weighted by Crippen LogP contribution is -2.27. The van der Waals surface area contributed by atoms with Crippen LogP contribution in [0.1, 0.15) is 16.8 Å². The van der Waals surface area contributed by atoms with E-state index in [1.807, 2.05) is 41.0 Å². The van der Waals surface area contributed by atoms with Gasteiger partial charge in [-0.25, -0.2) is 4.39 Å². The van der Waals surface area contributed by atoms with E-state index in [9.17, 15) is 4.39 Å². The average Bonchev–Trinajstić information content (AvgIpc) is 2.86. The fourth-order valence-electron chi connectivity index (χ4n) is 3.24. The van der Waals surface area contributed by atoms with Gasteiger partial charge in [-0.3, -0.25) is 4.57 Å². The minimum atomic E-state index is -0.193. The van der Waals surface area contributed by atoms with Crippen molar-refractivity contribution in [2.75, 3.05) is 13.6 Å². The summed E-state index contributed by atoms with van der Waals surface area (Å²) in [7, 11) is 2.10. The summed E-state index contributed by atoms with van der Waals surface area (Å²) in [6.07, 6.45) is 0.936. The van der Waals surface area contributed by atoms with Crippen LogP contribution in [0.4, 0.5) is 4.39 Å². The van der Waals surface area contributed by atoms with Crippen molar-refractivity contribution in [2.24, 2.45) is 0 Å². The zero-order valence-corrected chi connectivity index (χ0v) is 13.0. The molecule has 3 heteroatoms. The number of halogens is 1. The number of nitrogens with zero attached hydrogens (tertiary/aromatic N) is 2. The van der Waals surface area contributed by atoms with Crippen LogP contribution in [0.2, 0.25) is 0 Å². The van der Waals surface area contributed by atoms with Gasteiger partial charge in [0.05, 0.1) is 5.52 Å². The molecule has 1 aliphatic heterocycles. The summed E-state index contributed by atoms with van der Waals surface area (Å²) >= 11 is 0. The van der Waals surface area contributed by atoms with E-state index in [4.69, 9.17) is 0 Å². The van der Waals surface area contributed by atoms with Crippen LogP contribution in [0.25, 0.3) is 10.9 Å². The van der Waals surface area contributed by atoms with E-state index in [0.717, 1.165) is 36.0 Å². The fourth-order valence-corrected chi connectivity index (χ4v) is 3.24. The third-order valence-corrected chi connectivity index (χ3v) is 4.39. The molecular formula is C20H17FN2. The highest BCUT2D eigenvalue weighted by atomic mass is 19.1. The molecule has 1 aromatic heterocycles. The Hall–Kier alpha value is -2.57. The van der Waals surface area contributed by atoms with E-state index in [1.54, 1.807) is 6.07 Å². The monoisotopic (exact) mass is 304 g/mol. The summed E-state index contributed by atoms with van der Waals surface area (Å²) in [6.45, 7) is 1.84. The maximum Gasteiger partial charge on any atom is 0.123 e. The molecule has 23 heavy (non-hydrogen) atoms. The normalized spacial score (nSPS) is 14.3. The molecule has 0 bridgehead atoms. The van der Waals surface area contributed by atoms with Crippen LogP contribution in [0.15, 0.2) is 48.5 Å². The third-order valence-electron chi connectivity index (χ3n) is 4.39. The molecule has 2 aromatic carbocycles. The zero-order chi connectivity index (χ0) is 15.8. The van der Waals surface area contributed by atoms with Gasteiger partial charge in [-0.2, -0.15) is 0 Å². The largest absolute Gasteiger partial charge is 0.302 e. The second-order valence-corrected chi connectivity index (χ2v) is 6.01. The van der Waals surface area contributed by atoms with Crippen LogP contribution < -0.4 is 0 Å². The molecule has 4 rings (SSSR count). The van der Waals surface area contributed by atoms with Crippen molar-refractivity contribution in [3.05, 3.63) is 71.2 Å². The Bertz CT molecular complexity index is 929. The molecule has 1 aliphatic rings. The second-order valence-electron chi connectivity index (χ2n) is 6.01. The van der Waals surface area contributed by atoms with E-state index < -0.39 is 0 Å². The second kappa shape index (κ2) is 5.57. The minimum absolute atomic E-state index is 0.193. The Morgan fingerprint density at radius 1 is 1.09 bits per heavy atom. The molecule has 0 fully saturated rings. The zero-order valence-electron chi connectivity index (χ0n) is 13.0. The predicted octanol–water partition coefficient (Wildman–Crippen LogP) is 3.63. The highest BCUT2D eigenvalue weighted by Crippen LogP contribution is 2.30. The molecule has 0 saturated heterocycles. The molecule has 0 atom stereocenters. The first-order valence-electron chi connectivity index (χ1n) is 7.80. The molecular weight excluding hydrogens is 287 g/mol. The Balaban J connectivity index is 1.91. The SMILES string of the molecule is CN1CCc2c(c3cc(F)ccc3n2C#Cc2ccccc2)C1. The number of fused-ring (bicyclic) bond motifs is 3. The number of aromatic nitrogens is 1. The molecule has 2 nitrogen and oxygen atoms in total. The molecule has 0 radical (unpaired) electrons. The minimum Gasteiger partial charge on any atom is -0.302 e. The summed E-state index contributed by atoms with van der Waals surface area (Å²) in [5, 5.41) is 0.980.